The van der Waals surface area contributed by atoms with Crippen LogP contribution in [0.5, 0.6) is 0 Å². The van der Waals surface area contributed by atoms with Gasteiger partial charge in [-0.25, -0.2) is 8.78 Å². The van der Waals surface area contributed by atoms with E-state index in [-0.39, 0.29) is 36.4 Å². The highest BCUT2D eigenvalue weighted by Gasteiger charge is 2.60. The average molecular weight is 274 g/mol. The summed E-state index contributed by atoms with van der Waals surface area (Å²) < 4.78 is 26.7. The number of rotatable bonds is 3. The maximum absolute atomic E-state index is 13.4. The normalized spacial score (nSPS) is 37.7. The number of halogens is 2. The van der Waals surface area contributed by atoms with Gasteiger partial charge < -0.3 is 5.11 Å². The first-order valence-electron chi connectivity index (χ1n) is 7.13. The van der Waals surface area contributed by atoms with Crippen molar-refractivity contribution < 1.29 is 18.7 Å². The predicted molar refractivity (Wildman–Crippen MR) is 69.0 cm³/mol. The van der Waals surface area contributed by atoms with Gasteiger partial charge in [-0.3, -0.25) is 4.79 Å². The molecule has 2 fully saturated rings. The summed E-state index contributed by atoms with van der Waals surface area (Å²) in [6.07, 6.45) is 0.398. The van der Waals surface area contributed by atoms with Crippen molar-refractivity contribution in [3.8, 4) is 0 Å². The zero-order valence-corrected chi connectivity index (χ0v) is 12.2. The Morgan fingerprint density at radius 3 is 1.95 bits per heavy atom. The largest absolute Gasteiger partial charge is 0.389 e. The minimum atomic E-state index is -2.58. The number of fused-ring (bicyclic) bond motifs is 1. The Bertz CT molecular complexity index is 372. The molecule has 19 heavy (non-hydrogen) atoms. The van der Waals surface area contributed by atoms with Crippen LogP contribution in [0.4, 0.5) is 8.78 Å². The van der Waals surface area contributed by atoms with Crippen LogP contribution < -0.4 is 0 Å². The van der Waals surface area contributed by atoms with Crippen molar-refractivity contribution in [1.82, 2.24) is 0 Å². The number of ketones is 1. The van der Waals surface area contributed by atoms with Crippen molar-refractivity contribution >= 4 is 5.78 Å². The number of carbonyl (C=O) groups excluding carboxylic acids is 1. The van der Waals surface area contributed by atoms with E-state index in [0.29, 0.717) is 12.8 Å². The molecule has 2 nitrogen and oxygen atoms in total. The Hall–Kier alpha value is -0.510. The molecule has 4 heteroatoms. The van der Waals surface area contributed by atoms with Crippen LogP contribution in [-0.2, 0) is 4.79 Å². The van der Waals surface area contributed by atoms with Crippen LogP contribution in [0.15, 0.2) is 0 Å². The number of carbonyl (C=O) groups is 1. The lowest BCUT2D eigenvalue weighted by atomic mass is 9.67. The molecule has 0 saturated heterocycles. The van der Waals surface area contributed by atoms with Gasteiger partial charge in [-0.2, -0.15) is 0 Å². The molecule has 0 aromatic rings. The molecular formula is C15H24F2O2. The van der Waals surface area contributed by atoms with Crippen molar-refractivity contribution in [3.63, 3.8) is 0 Å². The first-order chi connectivity index (χ1) is 8.48. The van der Waals surface area contributed by atoms with Crippen LogP contribution >= 0.6 is 0 Å². The van der Waals surface area contributed by atoms with Crippen molar-refractivity contribution in [1.29, 1.82) is 0 Å². The van der Waals surface area contributed by atoms with Crippen LogP contribution in [0.2, 0.25) is 0 Å². The molecule has 2 aliphatic rings. The van der Waals surface area contributed by atoms with Gasteiger partial charge in [0.2, 0.25) is 5.92 Å². The molecule has 2 saturated carbocycles. The molecule has 1 N–H and O–H groups in total. The SMILES string of the molecule is CC(C)C(=O)C(C)(C)[C@]1(O)C[C@H]2CC(F)(F)C[C@H]2C1. The molecule has 3 atom stereocenters. The molecule has 0 bridgehead atoms. The van der Waals surface area contributed by atoms with Gasteiger partial charge in [0.1, 0.15) is 5.78 Å². The zero-order chi connectivity index (χ0) is 14.6. The van der Waals surface area contributed by atoms with E-state index in [1.165, 1.54) is 0 Å². The second-order valence-electron chi connectivity index (χ2n) is 7.37. The second kappa shape index (κ2) is 4.24. The van der Waals surface area contributed by atoms with Crippen LogP contribution in [0.1, 0.15) is 53.4 Å². The lowest BCUT2D eigenvalue weighted by molar-refractivity contribution is -0.148. The fraction of sp³-hybridized carbons (Fsp3) is 0.933. The zero-order valence-electron chi connectivity index (χ0n) is 12.2. The summed E-state index contributed by atoms with van der Waals surface area (Å²) in [4.78, 5) is 12.3. The lowest BCUT2D eigenvalue weighted by Gasteiger charge is -2.40. The van der Waals surface area contributed by atoms with Crippen LogP contribution in [0.3, 0.4) is 0 Å². The van der Waals surface area contributed by atoms with E-state index in [1.807, 2.05) is 13.8 Å². The number of hydrogen-bond donors (Lipinski definition) is 1. The van der Waals surface area contributed by atoms with Crippen LogP contribution in [0, 0.1) is 23.2 Å². The quantitative estimate of drug-likeness (QED) is 0.856. The third kappa shape index (κ3) is 2.32. The summed E-state index contributed by atoms with van der Waals surface area (Å²) >= 11 is 0. The van der Waals surface area contributed by atoms with Crippen LogP contribution in [0.25, 0.3) is 0 Å². The second-order valence-corrected chi connectivity index (χ2v) is 7.37. The highest BCUT2D eigenvalue weighted by atomic mass is 19.3. The third-order valence-corrected chi connectivity index (χ3v) is 5.29. The highest BCUT2D eigenvalue weighted by Crippen LogP contribution is 2.58. The standard InChI is InChI=1S/C15H24F2O2/c1-9(2)12(18)13(3,4)14(19)5-10-7-15(16,17)8-11(10)6-14/h9-11,19H,5-8H2,1-4H3/t10-,11+,14-. The third-order valence-electron chi connectivity index (χ3n) is 5.29. The van der Waals surface area contributed by atoms with E-state index in [4.69, 9.17) is 0 Å². The molecular weight excluding hydrogens is 250 g/mol. The van der Waals surface area contributed by atoms with Gasteiger partial charge in [0.15, 0.2) is 0 Å². The lowest BCUT2D eigenvalue weighted by Crippen LogP contribution is -2.50. The van der Waals surface area contributed by atoms with E-state index in [9.17, 15) is 18.7 Å². The van der Waals surface area contributed by atoms with Crippen LogP contribution in [-0.4, -0.2) is 22.4 Å². The van der Waals surface area contributed by atoms with Gasteiger partial charge in [0, 0.05) is 18.8 Å². The Balaban J connectivity index is 2.17. The summed E-state index contributed by atoms with van der Waals surface area (Å²) in [6, 6.07) is 0. The fourth-order valence-corrected chi connectivity index (χ4v) is 4.07. The maximum atomic E-state index is 13.4. The van der Waals surface area contributed by atoms with Crippen molar-refractivity contribution in [2.24, 2.45) is 23.2 Å². The first-order valence-corrected chi connectivity index (χ1v) is 7.13. The molecule has 0 amide bonds. The summed E-state index contributed by atoms with van der Waals surface area (Å²) in [5.41, 5.74) is -1.99. The molecule has 0 spiro atoms. The molecule has 110 valence electrons. The predicted octanol–water partition coefficient (Wildman–Crippen LogP) is 3.42. The fourth-order valence-electron chi connectivity index (χ4n) is 4.07. The smallest absolute Gasteiger partial charge is 0.248 e. The molecule has 0 aliphatic heterocycles. The molecule has 0 aromatic carbocycles. The summed E-state index contributed by atoms with van der Waals surface area (Å²) in [7, 11) is 0. The van der Waals surface area contributed by atoms with Gasteiger partial charge in [0.05, 0.1) is 11.0 Å². The van der Waals surface area contributed by atoms with Gasteiger partial charge in [-0.1, -0.05) is 27.7 Å². The van der Waals surface area contributed by atoms with E-state index >= 15 is 0 Å². The number of hydrogen-bond acceptors (Lipinski definition) is 2. The minimum absolute atomic E-state index is 0.0155. The Morgan fingerprint density at radius 2 is 1.58 bits per heavy atom. The number of alkyl halides is 2. The summed E-state index contributed by atoms with van der Waals surface area (Å²) in [5, 5.41) is 10.8. The Morgan fingerprint density at radius 1 is 1.16 bits per heavy atom. The van der Waals surface area contributed by atoms with E-state index in [2.05, 4.69) is 0 Å². The number of Topliss-reactive ketones (excluding diaryl/α,β-unsaturated/α-hetero) is 1. The monoisotopic (exact) mass is 274 g/mol. The average Bonchev–Trinajstić information content (AvgIpc) is 2.66. The molecule has 0 unspecified atom stereocenters. The van der Waals surface area contributed by atoms with Crippen molar-refractivity contribution in [3.05, 3.63) is 0 Å². The molecule has 2 aliphatic carbocycles. The number of aliphatic hydroxyl groups is 1. The van der Waals surface area contributed by atoms with Gasteiger partial charge in [0.25, 0.3) is 0 Å². The topological polar surface area (TPSA) is 37.3 Å². The van der Waals surface area contributed by atoms with E-state index in [0.717, 1.165) is 0 Å². The summed E-state index contributed by atoms with van der Waals surface area (Å²) in [5.74, 6) is -3.00. The highest BCUT2D eigenvalue weighted by molar-refractivity contribution is 5.87. The first kappa shape index (κ1) is 14.9. The Labute approximate surface area is 113 Å². The van der Waals surface area contributed by atoms with Gasteiger partial charge in [-0.15, -0.1) is 0 Å². The molecule has 0 heterocycles. The minimum Gasteiger partial charge on any atom is -0.389 e. The molecule has 0 radical (unpaired) electrons. The van der Waals surface area contributed by atoms with Gasteiger partial charge >= 0.3 is 0 Å². The molecule has 0 aromatic heterocycles. The van der Waals surface area contributed by atoms with E-state index in [1.54, 1.807) is 13.8 Å². The summed E-state index contributed by atoms with van der Waals surface area (Å²) in [6.45, 7) is 7.15. The Kier molecular flexibility index (Phi) is 3.32. The van der Waals surface area contributed by atoms with Crippen molar-refractivity contribution in [2.45, 2.75) is 64.9 Å². The van der Waals surface area contributed by atoms with E-state index < -0.39 is 16.9 Å². The van der Waals surface area contributed by atoms with Crippen molar-refractivity contribution in [2.75, 3.05) is 0 Å². The maximum Gasteiger partial charge on any atom is 0.248 e. The molecule has 2 rings (SSSR count). The van der Waals surface area contributed by atoms with Gasteiger partial charge in [-0.05, 0) is 24.7 Å².